The van der Waals surface area contributed by atoms with E-state index in [0.717, 1.165) is 0 Å². The van der Waals surface area contributed by atoms with Crippen LogP contribution in [-0.4, -0.2) is 0 Å². The maximum Gasteiger partial charge on any atom is -0.0105 e. The van der Waals surface area contributed by atoms with Gasteiger partial charge in [-0.2, -0.15) is 0 Å². The summed E-state index contributed by atoms with van der Waals surface area (Å²) in [6, 6.07) is 22.8. The van der Waals surface area contributed by atoms with E-state index in [-0.39, 0.29) is 0 Å². The van der Waals surface area contributed by atoms with E-state index in [0.29, 0.717) is 11.8 Å². The molecule has 0 saturated carbocycles. The van der Waals surface area contributed by atoms with Crippen LogP contribution in [0, 0.1) is 20.9 Å². The van der Waals surface area contributed by atoms with Crippen LogP contribution in [0.5, 0.6) is 0 Å². The third-order valence-corrected chi connectivity index (χ3v) is 5.97. The molecule has 0 heterocycles. The second kappa shape index (κ2) is 9.04. The lowest BCUT2D eigenvalue weighted by Crippen LogP contribution is -2.12. The summed E-state index contributed by atoms with van der Waals surface area (Å²) in [6.07, 6.45) is 0. The predicted molar refractivity (Wildman–Crippen MR) is 132 cm³/mol. The summed E-state index contributed by atoms with van der Waals surface area (Å²) < 4.78 is 0. The Labute approximate surface area is 181 Å². The molecule has 3 rings (SSSR count). The van der Waals surface area contributed by atoms with Crippen molar-refractivity contribution in [3.8, 4) is 0 Å². The first-order valence-electron chi connectivity index (χ1n) is 11.2. The van der Waals surface area contributed by atoms with Gasteiger partial charge in [0.25, 0.3) is 0 Å². The minimum Gasteiger partial charge on any atom is -0.0689 e. The monoisotopic (exact) mass is 396 g/mol. The van der Waals surface area contributed by atoms with Gasteiger partial charge in [-0.05, 0) is 82.0 Å². The third kappa shape index (κ3) is 4.43. The van der Waals surface area contributed by atoms with Gasteiger partial charge in [0.1, 0.15) is 0 Å². The van der Waals surface area contributed by atoms with Gasteiger partial charge in [0.05, 0.1) is 0 Å². The van der Waals surface area contributed by atoms with Crippen LogP contribution in [-0.2, 0) is 0 Å². The highest BCUT2D eigenvalue weighted by atomic mass is 14.1. The largest absolute Gasteiger partial charge is 0.0689 e. The van der Waals surface area contributed by atoms with E-state index in [1.54, 1.807) is 0 Å². The standard InChI is InChI=1S/C30H36/c1-19(2)25-15-13-23(17-29(25)21(5)6)27-11-9-10-12-28(27)24-14-16-26(20(3)4)30(18-24)22(7)8/h9-18,21-22H,1-8H3/b27-23-,28-24-. The van der Waals surface area contributed by atoms with Gasteiger partial charge in [-0.25, -0.2) is 0 Å². The third-order valence-electron chi connectivity index (χ3n) is 5.97. The van der Waals surface area contributed by atoms with E-state index < -0.39 is 0 Å². The van der Waals surface area contributed by atoms with E-state index >= 15 is 0 Å². The molecule has 0 radical (unpaired) electrons. The fourth-order valence-electron chi connectivity index (χ4n) is 4.31. The first-order valence-corrected chi connectivity index (χ1v) is 11.2. The fraction of sp³-hybridized carbons (Fsp3) is 0.333. The molecule has 0 bridgehead atoms. The molecule has 0 amide bonds. The molecule has 0 fully saturated rings. The number of hydrogen-bond acceptors (Lipinski definition) is 0. The van der Waals surface area contributed by atoms with E-state index in [1.165, 1.54) is 53.6 Å². The Hall–Kier alpha value is -2.60. The SMILES string of the molecule is CC(C)=c1cc/c(=c2\cccc\c2=c2/ccc(=C(C)C)c(C(C)C)c2)cc1C(C)C. The molecule has 156 valence electrons. The highest BCUT2D eigenvalue weighted by molar-refractivity contribution is 5.44. The van der Waals surface area contributed by atoms with Crippen LogP contribution >= 0.6 is 0 Å². The van der Waals surface area contributed by atoms with Gasteiger partial charge in [0.2, 0.25) is 0 Å². The molecule has 0 aliphatic rings. The first kappa shape index (κ1) is 22.1. The summed E-state index contributed by atoms with van der Waals surface area (Å²) in [5, 5.41) is 7.97. The lowest BCUT2D eigenvalue weighted by molar-refractivity contribution is 0.855. The Morgan fingerprint density at radius 2 is 0.900 bits per heavy atom. The molecule has 0 saturated heterocycles. The topological polar surface area (TPSA) is 0 Å². The fourth-order valence-corrected chi connectivity index (χ4v) is 4.31. The minimum absolute atomic E-state index is 0.497. The van der Waals surface area contributed by atoms with E-state index in [2.05, 4.69) is 116 Å². The second-order valence-corrected chi connectivity index (χ2v) is 9.46. The van der Waals surface area contributed by atoms with Gasteiger partial charge in [0, 0.05) is 0 Å². The molecule has 0 N–H and O–H groups in total. The smallest absolute Gasteiger partial charge is 0.0105 e. The van der Waals surface area contributed by atoms with Gasteiger partial charge in [-0.15, -0.1) is 0 Å². The average molecular weight is 397 g/mol. The normalized spacial score (nSPS) is 13.7. The summed E-state index contributed by atoms with van der Waals surface area (Å²) in [7, 11) is 0. The molecule has 3 aromatic carbocycles. The van der Waals surface area contributed by atoms with Crippen LogP contribution in [0.3, 0.4) is 0 Å². The van der Waals surface area contributed by atoms with Crippen molar-refractivity contribution in [3.63, 3.8) is 0 Å². The first-order chi connectivity index (χ1) is 14.2. The highest BCUT2D eigenvalue weighted by Gasteiger charge is 2.04. The van der Waals surface area contributed by atoms with Crippen molar-refractivity contribution >= 4 is 11.1 Å². The average Bonchev–Trinajstić information content (AvgIpc) is 2.72. The Kier molecular flexibility index (Phi) is 6.66. The van der Waals surface area contributed by atoms with Crippen LogP contribution in [0.2, 0.25) is 0 Å². The van der Waals surface area contributed by atoms with Crippen molar-refractivity contribution in [2.75, 3.05) is 0 Å². The van der Waals surface area contributed by atoms with E-state index in [9.17, 15) is 0 Å². The van der Waals surface area contributed by atoms with Crippen LogP contribution in [0.4, 0.5) is 0 Å². The summed E-state index contributed by atoms with van der Waals surface area (Å²) in [5.41, 5.74) is 5.61. The number of hydrogen-bond donors (Lipinski definition) is 0. The summed E-state index contributed by atoms with van der Waals surface area (Å²) >= 11 is 0. The van der Waals surface area contributed by atoms with Gasteiger partial charge in [-0.3, -0.25) is 0 Å². The quantitative estimate of drug-likeness (QED) is 0.442. The second-order valence-electron chi connectivity index (χ2n) is 9.46. The van der Waals surface area contributed by atoms with Crippen molar-refractivity contribution in [2.24, 2.45) is 0 Å². The summed E-state index contributed by atoms with van der Waals surface area (Å²) in [5.74, 6) is 0.994. The van der Waals surface area contributed by atoms with E-state index in [1.807, 2.05) is 0 Å². The lowest BCUT2D eigenvalue weighted by Gasteiger charge is -2.09. The molecule has 3 aromatic rings. The lowest BCUT2D eigenvalue weighted by atomic mass is 9.96. The molecule has 30 heavy (non-hydrogen) atoms. The molecule has 0 aromatic heterocycles. The van der Waals surface area contributed by atoms with Crippen molar-refractivity contribution in [3.05, 3.63) is 103 Å². The van der Waals surface area contributed by atoms with Gasteiger partial charge >= 0.3 is 0 Å². The van der Waals surface area contributed by atoms with Crippen LogP contribution in [0.1, 0.15) is 78.4 Å². The number of benzene rings is 3. The van der Waals surface area contributed by atoms with Crippen molar-refractivity contribution in [1.29, 1.82) is 0 Å². The minimum atomic E-state index is 0.497. The summed E-state index contributed by atoms with van der Waals surface area (Å²) in [6.45, 7) is 18.0. The molecule has 0 aliphatic heterocycles. The number of rotatable bonds is 2. The molecular weight excluding hydrogens is 360 g/mol. The van der Waals surface area contributed by atoms with E-state index in [4.69, 9.17) is 0 Å². The maximum absolute atomic E-state index is 2.40. The summed E-state index contributed by atoms with van der Waals surface area (Å²) in [4.78, 5) is 0. The van der Waals surface area contributed by atoms with Crippen molar-refractivity contribution in [2.45, 2.75) is 67.2 Å². The Morgan fingerprint density at radius 3 is 1.20 bits per heavy atom. The zero-order valence-electron chi connectivity index (χ0n) is 19.9. The molecule has 0 spiro atoms. The molecule has 0 unspecified atom stereocenters. The molecule has 0 heteroatoms. The predicted octanol–water partition coefficient (Wildman–Crippen LogP) is 6.89. The van der Waals surface area contributed by atoms with Crippen LogP contribution in [0.15, 0.2) is 60.7 Å². The van der Waals surface area contributed by atoms with Crippen molar-refractivity contribution in [1.82, 2.24) is 0 Å². The Morgan fingerprint density at radius 1 is 0.533 bits per heavy atom. The van der Waals surface area contributed by atoms with Gasteiger partial charge in [0.15, 0.2) is 0 Å². The Bertz CT molecular complexity index is 1250. The van der Waals surface area contributed by atoms with Crippen molar-refractivity contribution < 1.29 is 0 Å². The molecule has 0 atom stereocenters. The maximum atomic E-state index is 2.40. The zero-order valence-corrected chi connectivity index (χ0v) is 19.9. The zero-order chi connectivity index (χ0) is 22.0. The Balaban J connectivity index is 2.58. The molecule has 0 aliphatic carbocycles. The highest BCUT2D eigenvalue weighted by Crippen LogP contribution is 2.14. The van der Waals surface area contributed by atoms with Crippen LogP contribution in [0.25, 0.3) is 11.1 Å². The molecule has 0 nitrogen and oxygen atoms in total. The van der Waals surface area contributed by atoms with Crippen LogP contribution < -0.4 is 10.4 Å². The van der Waals surface area contributed by atoms with Gasteiger partial charge < -0.3 is 0 Å². The molecular formula is C30H36. The van der Waals surface area contributed by atoms with Gasteiger partial charge in [-0.1, -0.05) is 99.5 Å².